The van der Waals surface area contributed by atoms with Gasteiger partial charge in [0.2, 0.25) is 0 Å². The molecule has 1 aromatic carbocycles. The van der Waals surface area contributed by atoms with Crippen molar-refractivity contribution in [3.05, 3.63) is 35.4 Å². The van der Waals surface area contributed by atoms with Gasteiger partial charge in [0, 0.05) is 19.6 Å². The summed E-state index contributed by atoms with van der Waals surface area (Å²) in [6.45, 7) is 3.46. The molecular formula is C16H22N2O3. The van der Waals surface area contributed by atoms with Gasteiger partial charge in [-0.25, -0.2) is 4.79 Å². The summed E-state index contributed by atoms with van der Waals surface area (Å²) >= 11 is 0. The summed E-state index contributed by atoms with van der Waals surface area (Å²) in [4.78, 5) is 24.7. The molecule has 1 atom stereocenters. The number of rotatable bonds is 4. The van der Waals surface area contributed by atoms with Crippen LogP contribution in [0.25, 0.3) is 0 Å². The number of amides is 2. The van der Waals surface area contributed by atoms with Crippen molar-refractivity contribution in [1.82, 2.24) is 10.2 Å². The molecule has 0 saturated heterocycles. The van der Waals surface area contributed by atoms with E-state index >= 15 is 0 Å². The third-order valence-electron chi connectivity index (χ3n) is 3.98. The van der Waals surface area contributed by atoms with E-state index in [1.54, 1.807) is 6.92 Å². The number of hydrogen-bond donors (Lipinski definition) is 2. The number of nitrogens with one attached hydrogen (secondary N) is 1. The highest BCUT2D eigenvalue weighted by atomic mass is 16.4. The van der Waals surface area contributed by atoms with E-state index in [1.807, 2.05) is 17.0 Å². The maximum atomic E-state index is 12.1. The molecule has 1 unspecified atom stereocenters. The Bertz CT molecular complexity index is 489. The molecule has 2 rings (SSSR count). The van der Waals surface area contributed by atoms with Crippen LogP contribution in [-0.4, -0.2) is 41.6 Å². The number of benzene rings is 1. The van der Waals surface area contributed by atoms with Gasteiger partial charge in [-0.1, -0.05) is 31.2 Å². The molecule has 2 amide bonds. The van der Waals surface area contributed by atoms with Crippen molar-refractivity contribution in [2.75, 3.05) is 19.6 Å². The highest BCUT2D eigenvalue weighted by Gasteiger charge is 2.18. The number of carbonyl (C=O) groups is 2. The number of nitrogens with zero attached hydrogens (tertiary/aromatic N) is 1. The highest BCUT2D eigenvalue weighted by molar-refractivity contribution is 5.74. The zero-order chi connectivity index (χ0) is 15.2. The Morgan fingerprint density at radius 2 is 1.81 bits per heavy atom. The zero-order valence-corrected chi connectivity index (χ0v) is 12.3. The number of carboxylic acids is 1. The molecule has 2 N–H and O–H groups in total. The van der Waals surface area contributed by atoms with E-state index in [0.29, 0.717) is 26.1 Å². The third-order valence-corrected chi connectivity index (χ3v) is 3.98. The van der Waals surface area contributed by atoms with E-state index in [-0.39, 0.29) is 6.03 Å². The Kier molecular flexibility index (Phi) is 5.20. The first-order chi connectivity index (χ1) is 10.1. The maximum Gasteiger partial charge on any atom is 0.317 e. The van der Waals surface area contributed by atoms with Crippen LogP contribution >= 0.6 is 0 Å². The van der Waals surface area contributed by atoms with Crippen molar-refractivity contribution in [2.24, 2.45) is 5.92 Å². The minimum Gasteiger partial charge on any atom is -0.481 e. The smallest absolute Gasteiger partial charge is 0.317 e. The first-order valence-corrected chi connectivity index (χ1v) is 7.40. The SMILES string of the molecule is CC(CCNC(=O)N1CCc2ccccc2CC1)C(=O)O. The van der Waals surface area contributed by atoms with Crippen molar-refractivity contribution in [3.63, 3.8) is 0 Å². The molecule has 1 aliphatic rings. The summed E-state index contributed by atoms with van der Waals surface area (Å²) in [6.07, 6.45) is 2.19. The van der Waals surface area contributed by atoms with E-state index in [9.17, 15) is 9.59 Å². The van der Waals surface area contributed by atoms with Crippen molar-refractivity contribution in [3.8, 4) is 0 Å². The average Bonchev–Trinajstić information content (AvgIpc) is 2.69. The lowest BCUT2D eigenvalue weighted by Crippen LogP contribution is -2.42. The molecule has 1 aromatic rings. The number of hydrogen-bond acceptors (Lipinski definition) is 2. The molecule has 0 aliphatic carbocycles. The molecule has 1 heterocycles. The molecule has 0 radical (unpaired) electrons. The molecule has 5 heteroatoms. The summed E-state index contributed by atoms with van der Waals surface area (Å²) in [5, 5.41) is 11.6. The van der Waals surface area contributed by atoms with E-state index in [2.05, 4.69) is 17.4 Å². The van der Waals surface area contributed by atoms with Crippen LogP contribution in [-0.2, 0) is 17.6 Å². The summed E-state index contributed by atoms with van der Waals surface area (Å²) in [5.41, 5.74) is 2.62. The second-order valence-corrected chi connectivity index (χ2v) is 5.52. The summed E-state index contributed by atoms with van der Waals surface area (Å²) in [5.74, 6) is -1.26. The van der Waals surface area contributed by atoms with Gasteiger partial charge in [0.1, 0.15) is 0 Å². The molecule has 5 nitrogen and oxygen atoms in total. The molecule has 1 aliphatic heterocycles. The van der Waals surface area contributed by atoms with Gasteiger partial charge < -0.3 is 15.3 Å². The topological polar surface area (TPSA) is 69.6 Å². The molecule has 0 bridgehead atoms. The molecule has 0 spiro atoms. The second kappa shape index (κ2) is 7.11. The van der Waals surface area contributed by atoms with Gasteiger partial charge in [-0.2, -0.15) is 0 Å². The van der Waals surface area contributed by atoms with Gasteiger partial charge in [0.05, 0.1) is 5.92 Å². The molecular weight excluding hydrogens is 268 g/mol. The van der Waals surface area contributed by atoms with Crippen molar-refractivity contribution in [1.29, 1.82) is 0 Å². The van der Waals surface area contributed by atoms with Crippen LogP contribution < -0.4 is 5.32 Å². The fourth-order valence-electron chi connectivity index (χ4n) is 2.50. The first kappa shape index (κ1) is 15.4. The molecule has 114 valence electrons. The number of aliphatic carboxylic acids is 1. The van der Waals surface area contributed by atoms with Crippen LogP contribution in [0.2, 0.25) is 0 Å². The fraction of sp³-hybridized carbons (Fsp3) is 0.500. The average molecular weight is 290 g/mol. The normalized spacial score (nSPS) is 15.8. The van der Waals surface area contributed by atoms with Gasteiger partial charge in [0.15, 0.2) is 0 Å². The second-order valence-electron chi connectivity index (χ2n) is 5.52. The van der Waals surface area contributed by atoms with Crippen LogP contribution in [0.1, 0.15) is 24.5 Å². The van der Waals surface area contributed by atoms with Crippen LogP contribution in [0.4, 0.5) is 4.79 Å². The van der Waals surface area contributed by atoms with Crippen molar-refractivity contribution in [2.45, 2.75) is 26.2 Å². The van der Waals surface area contributed by atoms with Gasteiger partial charge in [-0.15, -0.1) is 0 Å². The Morgan fingerprint density at radius 3 is 2.33 bits per heavy atom. The Labute approximate surface area is 125 Å². The Morgan fingerprint density at radius 1 is 1.24 bits per heavy atom. The van der Waals surface area contributed by atoms with Crippen LogP contribution in [0.5, 0.6) is 0 Å². The minimum absolute atomic E-state index is 0.0969. The predicted molar refractivity (Wildman–Crippen MR) is 80.2 cm³/mol. The molecule has 0 aromatic heterocycles. The van der Waals surface area contributed by atoms with Gasteiger partial charge in [0.25, 0.3) is 0 Å². The van der Waals surface area contributed by atoms with Crippen LogP contribution in [0.3, 0.4) is 0 Å². The van der Waals surface area contributed by atoms with Crippen LogP contribution in [0.15, 0.2) is 24.3 Å². The monoisotopic (exact) mass is 290 g/mol. The van der Waals surface area contributed by atoms with E-state index < -0.39 is 11.9 Å². The van der Waals surface area contributed by atoms with Crippen LogP contribution in [0, 0.1) is 5.92 Å². The molecule has 0 saturated carbocycles. The number of urea groups is 1. The van der Waals surface area contributed by atoms with Crippen molar-refractivity contribution < 1.29 is 14.7 Å². The molecule has 0 fully saturated rings. The third kappa shape index (κ3) is 4.21. The van der Waals surface area contributed by atoms with E-state index in [0.717, 1.165) is 12.8 Å². The quantitative estimate of drug-likeness (QED) is 0.890. The number of fused-ring (bicyclic) bond motifs is 1. The van der Waals surface area contributed by atoms with E-state index in [4.69, 9.17) is 5.11 Å². The largest absolute Gasteiger partial charge is 0.481 e. The zero-order valence-electron chi connectivity index (χ0n) is 12.3. The number of carbonyl (C=O) groups excluding carboxylic acids is 1. The van der Waals surface area contributed by atoms with Crippen molar-refractivity contribution >= 4 is 12.0 Å². The lowest BCUT2D eigenvalue weighted by molar-refractivity contribution is -0.141. The van der Waals surface area contributed by atoms with Gasteiger partial charge >= 0.3 is 12.0 Å². The Hall–Kier alpha value is -2.04. The fourth-order valence-corrected chi connectivity index (χ4v) is 2.50. The van der Waals surface area contributed by atoms with Gasteiger partial charge in [-0.3, -0.25) is 4.79 Å². The van der Waals surface area contributed by atoms with E-state index in [1.165, 1.54) is 11.1 Å². The maximum absolute atomic E-state index is 12.1. The predicted octanol–water partition coefficient (Wildman–Crippen LogP) is 1.91. The summed E-state index contributed by atoms with van der Waals surface area (Å²) in [6, 6.07) is 8.20. The number of carboxylic acid groups (broad SMARTS) is 1. The lowest BCUT2D eigenvalue weighted by Gasteiger charge is -2.21. The summed E-state index contributed by atoms with van der Waals surface area (Å²) in [7, 11) is 0. The lowest BCUT2D eigenvalue weighted by atomic mass is 10.0. The standard InChI is InChI=1S/C16H22N2O3/c1-12(15(19)20)6-9-17-16(21)18-10-7-13-4-2-3-5-14(13)8-11-18/h2-5,12H,6-11H2,1H3,(H,17,21)(H,19,20). The minimum atomic E-state index is -0.825. The molecule has 21 heavy (non-hydrogen) atoms. The summed E-state index contributed by atoms with van der Waals surface area (Å²) < 4.78 is 0. The van der Waals surface area contributed by atoms with Gasteiger partial charge in [-0.05, 0) is 30.4 Å². The highest BCUT2D eigenvalue weighted by Crippen LogP contribution is 2.15. The first-order valence-electron chi connectivity index (χ1n) is 7.40. The Balaban J connectivity index is 1.81.